The van der Waals surface area contributed by atoms with E-state index in [0.717, 1.165) is 11.1 Å². The first kappa shape index (κ1) is 19.7. The number of rotatable bonds is 8. The minimum absolute atomic E-state index is 0.0727. The number of aryl methyl sites for hydroxylation is 1. The molecule has 30 heavy (non-hydrogen) atoms. The molecule has 0 aliphatic rings. The Morgan fingerprint density at radius 1 is 1.13 bits per heavy atom. The van der Waals surface area contributed by atoms with Gasteiger partial charge in [0.25, 0.3) is 0 Å². The van der Waals surface area contributed by atoms with Crippen LogP contribution in [0.2, 0.25) is 0 Å². The summed E-state index contributed by atoms with van der Waals surface area (Å²) in [6.07, 6.45) is 6.85. The van der Waals surface area contributed by atoms with E-state index in [1.54, 1.807) is 23.0 Å². The zero-order valence-electron chi connectivity index (χ0n) is 16.6. The summed E-state index contributed by atoms with van der Waals surface area (Å²) >= 11 is 0. The molecule has 0 fully saturated rings. The SMILES string of the molecule is Cc1nc2c(OCc3cncnc3)cccn2c1C(=O)C[C@@H](CO)c1ccccc1. The van der Waals surface area contributed by atoms with Crippen LogP contribution in [0, 0.1) is 6.92 Å². The molecule has 0 unspecified atom stereocenters. The second-order valence-corrected chi connectivity index (χ2v) is 7.06. The number of nitrogens with zero attached hydrogens (tertiary/aromatic N) is 4. The second kappa shape index (κ2) is 8.84. The number of Topliss-reactive ketones (excluding diaryl/α,β-unsaturated/α-hetero) is 1. The van der Waals surface area contributed by atoms with Gasteiger partial charge in [0.2, 0.25) is 0 Å². The molecule has 7 nitrogen and oxygen atoms in total. The van der Waals surface area contributed by atoms with Gasteiger partial charge in [-0.15, -0.1) is 0 Å². The standard InChI is InChI=1S/C23H22N4O3/c1-16-22(20(29)10-19(13-28)18-6-3-2-4-7-18)27-9-5-8-21(23(27)26-16)30-14-17-11-24-15-25-12-17/h2-9,11-12,15,19,28H,10,13-14H2,1H3/t19-/m0/s1. The van der Waals surface area contributed by atoms with Gasteiger partial charge < -0.3 is 9.84 Å². The summed E-state index contributed by atoms with van der Waals surface area (Å²) in [6, 6.07) is 13.2. The lowest BCUT2D eigenvalue weighted by atomic mass is 9.93. The van der Waals surface area contributed by atoms with Crippen LogP contribution in [0.25, 0.3) is 5.65 Å². The van der Waals surface area contributed by atoms with E-state index in [4.69, 9.17) is 4.74 Å². The predicted molar refractivity (Wildman–Crippen MR) is 112 cm³/mol. The number of ether oxygens (including phenoxy) is 1. The molecule has 3 heterocycles. The fourth-order valence-corrected chi connectivity index (χ4v) is 3.50. The molecular weight excluding hydrogens is 380 g/mol. The van der Waals surface area contributed by atoms with E-state index in [1.807, 2.05) is 49.4 Å². The lowest BCUT2D eigenvalue weighted by molar-refractivity contribution is 0.0953. The zero-order valence-corrected chi connectivity index (χ0v) is 16.6. The van der Waals surface area contributed by atoms with Crippen molar-refractivity contribution in [3.05, 3.63) is 89.9 Å². The van der Waals surface area contributed by atoms with Crippen molar-refractivity contribution in [3.8, 4) is 5.75 Å². The molecule has 0 spiro atoms. The van der Waals surface area contributed by atoms with Crippen LogP contribution >= 0.6 is 0 Å². The van der Waals surface area contributed by atoms with Crippen LogP contribution in [0.4, 0.5) is 0 Å². The van der Waals surface area contributed by atoms with Crippen molar-refractivity contribution < 1.29 is 14.6 Å². The maximum Gasteiger partial charge on any atom is 0.182 e. The third-order valence-corrected chi connectivity index (χ3v) is 4.98. The first-order valence-corrected chi connectivity index (χ1v) is 9.70. The molecule has 7 heteroatoms. The summed E-state index contributed by atoms with van der Waals surface area (Å²) in [6.45, 7) is 2.01. The van der Waals surface area contributed by atoms with Crippen molar-refractivity contribution in [2.75, 3.05) is 6.61 Å². The molecule has 1 atom stereocenters. The smallest absolute Gasteiger partial charge is 0.182 e. The van der Waals surface area contributed by atoms with Crippen LogP contribution in [0.1, 0.15) is 39.6 Å². The Kier molecular flexibility index (Phi) is 5.81. The number of aliphatic hydroxyl groups is 1. The lowest BCUT2D eigenvalue weighted by Crippen LogP contribution is -2.13. The minimum Gasteiger partial charge on any atom is -0.485 e. The molecule has 0 radical (unpaired) electrons. The molecule has 0 bridgehead atoms. The average molecular weight is 402 g/mol. The first-order valence-electron chi connectivity index (χ1n) is 9.70. The highest BCUT2D eigenvalue weighted by atomic mass is 16.5. The van der Waals surface area contributed by atoms with Gasteiger partial charge >= 0.3 is 0 Å². The van der Waals surface area contributed by atoms with Crippen LogP contribution in [0.5, 0.6) is 5.75 Å². The largest absolute Gasteiger partial charge is 0.485 e. The van der Waals surface area contributed by atoms with Crippen molar-refractivity contribution in [2.24, 2.45) is 0 Å². The average Bonchev–Trinajstić information content (AvgIpc) is 3.13. The number of carbonyl (C=O) groups excluding carboxylic acids is 1. The molecule has 0 saturated heterocycles. The summed E-state index contributed by atoms with van der Waals surface area (Å²) < 4.78 is 7.67. The van der Waals surface area contributed by atoms with E-state index in [0.29, 0.717) is 29.4 Å². The van der Waals surface area contributed by atoms with Crippen molar-refractivity contribution in [1.29, 1.82) is 0 Å². The van der Waals surface area contributed by atoms with Gasteiger partial charge in [-0.3, -0.25) is 9.20 Å². The van der Waals surface area contributed by atoms with Crippen molar-refractivity contribution in [1.82, 2.24) is 19.4 Å². The molecule has 152 valence electrons. The number of benzene rings is 1. The highest BCUT2D eigenvalue weighted by Gasteiger charge is 2.22. The highest BCUT2D eigenvalue weighted by molar-refractivity contribution is 5.97. The lowest BCUT2D eigenvalue weighted by Gasteiger charge is -2.14. The molecule has 1 N–H and O–H groups in total. The molecule has 1 aromatic carbocycles. The predicted octanol–water partition coefficient (Wildman–Crippen LogP) is 3.36. The number of hydrogen-bond acceptors (Lipinski definition) is 6. The zero-order chi connectivity index (χ0) is 20.9. The summed E-state index contributed by atoms with van der Waals surface area (Å²) in [7, 11) is 0. The number of imidazole rings is 1. The number of aliphatic hydroxyl groups excluding tert-OH is 1. The Morgan fingerprint density at radius 2 is 1.90 bits per heavy atom. The molecule has 0 saturated carbocycles. The van der Waals surface area contributed by atoms with E-state index in [2.05, 4.69) is 15.0 Å². The second-order valence-electron chi connectivity index (χ2n) is 7.06. The van der Waals surface area contributed by atoms with Gasteiger partial charge in [-0.05, 0) is 24.6 Å². The topological polar surface area (TPSA) is 89.6 Å². The number of carbonyl (C=O) groups is 1. The molecule has 0 amide bonds. The number of aromatic nitrogens is 4. The van der Waals surface area contributed by atoms with Gasteiger partial charge in [0.1, 0.15) is 18.6 Å². The van der Waals surface area contributed by atoms with Gasteiger partial charge in [-0.25, -0.2) is 15.0 Å². The number of hydrogen-bond donors (Lipinski definition) is 1. The third-order valence-electron chi connectivity index (χ3n) is 4.98. The van der Waals surface area contributed by atoms with Gasteiger partial charge in [-0.1, -0.05) is 30.3 Å². The summed E-state index contributed by atoms with van der Waals surface area (Å²) in [4.78, 5) is 25.7. The van der Waals surface area contributed by atoms with Gasteiger partial charge in [0.05, 0.1) is 12.3 Å². The van der Waals surface area contributed by atoms with Crippen LogP contribution in [0.15, 0.2) is 67.4 Å². The molecule has 0 aliphatic carbocycles. The van der Waals surface area contributed by atoms with Crippen molar-refractivity contribution in [3.63, 3.8) is 0 Å². The normalized spacial score (nSPS) is 12.1. The molecule has 4 rings (SSSR count). The van der Waals surface area contributed by atoms with Crippen LogP contribution < -0.4 is 4.74 Å². The Morgan fingerprint density at radius 3 is 2.63 bits per heavy atom. The number of ketones is 1. The molecule has 3 aromatic heterocycles. The maximum atomic E-state index is 13.1. The van der Waals surface area contributed by atoms with E-state index < -0.39 is 0 Å². The minimum atomic E-state index is -0.263. The van der Waals surface area contributed by atoms with E-state index >= 15 is 0 Å². The number of pyridine rings is 1. The maximum absolute atomic E-state index is 13.1. The van der Waals surface area contributed by atoms with E-state index in [1.165, 1.54) is 6.33 Å². The first-order chi connectivity index (χ1) is 14.7. The van der Waals surface area contributed by atoms with Crippen molar-refractivity contribution >= 4 is 11.4 Å². The van der Waals surface area contributed by atoms with E-state index in [-0.39, 0.29) is 24.7 Å². The Bertz CT molecular complexity index is 1140. The quantitative estimate of drug-likeness (QED) is 0.455. The fraction of sp³-hybridized carbons (Fsp3) is 0.217. The van der Waals surface area contributed by atoms with Crippen LogP contribution in [0.3, 0.4) is 0 Å². The molecule has 4 aromatic rings. The Labute approximate surface area is 174 Å². The van der Waals surface area contributed by atoms with Crippen LogP contribution in [-0.2, 0) is 6.61 Å². The molecule has 0 aliphatic heterocycles. The van der Waals surface area contributed by atoms with E-state index in [9.17, 15) is 9.90 Å². The van der Waals surface area contributed by atoms with Crippen LogP contribution in [-0.4, -0.2) is 36.8 Å². The molecular formula is C23H22N4O3. The van der Waals surface area contributed by atoms with Gasteiger partial charge in [-0.2, -0.15) is 0 Å². The monoisotopic (exact) mass is 402 g/mol. The fourth-order valence-electron chi connectivity index (χ4n) is 3.50. The van der Waals surface area contributed by atoms with Gasteiger partial charge in [0, 0.05) is 36.5 Å². The Balaban J connectivity index is 1.60. The summed E-state index contributed by atoms with van der Waals surface area (Å²) in [5, 5.41) is 9.83. The Hall–Kier alpha value is -3.58. The van der Waals surface area contributed by atoms with Crippen molar-refractivity contribution in [2.45, 2.75) is 25.9 Å². The van der Waals surface area contributed by atoms with Gasteiger partial charge in [0.15, 0.2) is 17.2 Å². The summed E-state index contributed by atoms with van der Waals surface area (Å²) in [5.74, 6) is 0.239. The summed E-state index contributed by atoms with van der Waals surface area (Å²) in [5.41, 5.74) is 3.49. The highest BCUT2D eigenvalue weighted by Crippen LogP contribution is 2.26. The number of fused-ring (bicyclic) bond motifs is 1. The third kappa shape index (κ3) is 4.06.